The van der Waals surface area contributed by atoms with Gasteiger partial charge in [-0.1, -0.05) is 24.9 Å². The van der Waals surface area contributed by atoms with Crippen molar-refractivity contribution >= 4 is 17.4 Å². The summed E-state index contributed by atoms with van der Waals surface area (Å²) in [6.45, 7) is 4.17. The SMILES string of the molecule is Cc1c(Cl)nc2ncnn2c1OC1CCCC(C)C1. The van der Waals surface area contributed by atoms with E-state index in [4.69, 9.17) is 16.3 Å². The van der Waals surface area contributed by atoms with E-state index in [1.165, 1.54) is 19.2 Å². The fourth-order valence-corrected chi connectivity index (χ4v) is 2.81. The van der Waals surface area contributed by atoms with Crippen LogP contribution in [-0.2, 0) is 0 Å². The van der Waals surface area contributed by atoms with Gasteiger partial charge in [-0.2, -0.15) is 19.6 Å². The van der Waals surface area contributed by atoms with Crippen LogP contribution < -0.4 is 4.74 Å². The molecule has 102 valence electrons. The molecule has 2 atom stereocenters. The molecule has 2 unspecified atom stereocenters. The Labute approximate surface area is 117 Å². The van der Waals surface area contributed by atoms with Gasteiger partial charge in [0.2, 0.25) is 5.88 Å². The van der Waals surface area contributed by atoms with Gasteiger partial charge < -0.3 is 4.74 Å². The van der Waals surface area contributed by atoms with Crippen molar-refractivity contribution in [3.05, 3.63) is 17.0 Å². The first-order valence-corrected chi connectivity index (χ1v) is 7.05. The third kappa shape index (κ3) is 2.39. The molecule has 5 nitrogen and oxygen atoms in total. The molecule has 0 aliphatic heterocycles. The number of hydrogen-bond acceptors (Lipinski definition) is 4. The van der Waals surface area contributed by atoms with Crippen LogP contribution in [0.1, 0.15) is 38.2 Å². The summed E-state index contributed by atoms with van der Waals surface area (Å²) < 4.78 is 7.77. The molecule has 1 saturated carbocycles. The van der Waals surface area contributed by atoms with Crippen LogP contribution >= 0.6 is 11.6 Å². The predicted octanol–water partition coefficient (Wildman–Crippen LogP) is 3.04. The molecule has 2 aromatic heterocycles. The minimum Gasteiger partial charge on any atom is -0.474 e. The van der Waals surface area contributed by atoms with Crippen LogP contribution in [0.4, 0.5) is 0 Å². The molecule has 2 aromatic rings. The Morgan fingerprint density at radius 1 is 1.42 bits per heavy atom. The van der Waals surface area contributed by atoms with Crippen molar-refractivity contribution in [1.82, 2.24) is 19.6 Å². The molecule has 0 amide bonds. The van der Waals surface area contributed by atoms with Crippen molar-refractivity contribution in [1.29, 1.82) is 0 Å². The number of fused-ring (bicyclic) bond motifs is 1. The van der Waals surface area contributed by atoms with E-state index in [1.807, 2.05) is 6.92 Å². The largest absolute Gasteiger partial charge is 0.474 e. The van der Waals surface area contributed by atoms with Crippen LogP contribution in [0.2, 0.25) is 5.15 Å². The second-order valence-electron chi connectivity index (χ2n) is 5.32. The van der Waals surface area contributed by atoms with Crippen LogP contribution in [0.15, 0.2) is 6.33 Å². The number of halogens is 1. The Kier molecular flexibility index (Phi) is 3.31. The number of rotatable bonds is 2. The standard InChI is InChI=1S/C13H17ClN4O/c1-8-4-3-5-10(6-8)19-12-9(2)11(14)17-13-15-7-16-18(12)13/h7-8,10H,3-6H2,1-2H3. The minimum absolute atomic E-state index is 0.230. The zero-order valence-electron chi connectivity index (χ0n) is 11.1. The molecular weight excluding hydrogens is 264 g/mol. The molecule has 0 bridgehead atoms. The zero-order chi connectivity index (χ0) is 13.4. The maximum absolute atomic E-state index is 6.14. The molecule has 1 fully saturated rings. The second-order valence-corrected chi connectivity index (χ2v) is 5.67. The van der Waals surface area contributed by atoms with E-state index in [0.29, 0.717) is 22.7 Å². The van der Waals surface area contributed by atoms with Crippen molar-refractivity contribution in [3.63, 3.8) is 0 Å². The van der Waals surface area contributed by atoms with Crippen molar-refractivity contribution in [3.8, 4) is 5.88 Å². The van der Waals surface area contributed by atoms with Gasteiger partial charge in [0.15, 0.2) is 0 Å². The quantitative estimate of drug-likeness (QED) is 0.794. The molecule has 3 rings (SSSR count). The normalized spacial score (nSPS) is 23.7. The highest BCUT2D eigenvalue weighted by molar-refractivity contribution is 6.30. The maximum Gasteiger partial charge on any atom is 0.256 e. The molecule has 0 aromatic carbocycles. The third-order valence-electron chi connectivity index (χ3n) is 3.72. The lowest BCUT2D eigenvalue weighted by molar-refractivity contribution is 0.120. The molecule has 2 heterocycles. The number of aromatic nitrogens is 4. The highest BCUT2D eigenvalue weighted by Gasteiger charge is 2.23. The first-order chi connectivity index (χ1) is 9.15. The van der Waals surface area contributed by atoms with Gasteiger partial charge in [-0.25, -0.2) is 0 Å². The van der Waals surface area contributed by atoms with Crippen LogP contribution in [0, 0.1) is 12.8 Å². The monoisotopic (exact) mass is 280 g/mol. The third-order valence-corrected chi connectivity index (χ3v) is 4.09. The highest BCUT2D eigenvalue weighted by Crippen LogP contribution is 2.30. The Morgan fingerprint density at radius 3 is 3.05 bits per heavy atom. The lowest BCUT2D eigenvalue weighted by Gasteiger charge is -2.27. The van der Waals surface area contributed by atoms with Crippen LogP contribution in [0.5, 0.6) is 5.88 Å². The summed E-state index contributed by atoms with van der Waals surface area (Å²) in [7, 11) is 0. The molecular formula is C13H17ClN4O. The molecule has 6 heteroatoms. The van der Waals surface area contributed by atoms with E-state index in [9.17, 15) is 0 Å². The Bertz CT molecular complexity index is 598. The average molecular weight is 281 g/mol. The second kappa shape index (κ2) is 4.96. The maximum atomic E-state index is 6.14. The summed E-state index contributed by atoms with van der Waals surface area (Å²) in [5, 5.41) is 4.59. The first-order valence-electron chi connectivity index (χ1n) is 6.67. The molecule has 19 heavy (non-hydrogen) atoms. The Morgan fingerprint density at radius 2 is 2.26 bits per heavy atom. The van der Waals surface area contributed by atoms with Gasteiger partial charge in [-0.15, -0.1) is 0 Å². The van der Waals surface area contributed by atoms with Crippen LogP contribution in [-0.4, -0.2) is 25.7 Å². The molecule has 1 aliphatic rings. The van der Waals surface area contributed by atoms with Gasteiger partial charge in [0.25, 0.3) is 5.78 Å². The number of ether oxygens (including phenoxy) is 1. The zero-order valence-corrected chi connectivity index (χ0v) is 11.9. The molecule has 0 saturated heterocycles. The number of nitrogens with zero attached hydrogens (tertiary/aromatic N) is 4. The van der Waals surface area contributed by atoms with Gasteiger partial charge in [-0.3, -0.25) is 0 Å². The summed E-state index contributed by atoms with van der Waals surface area (Å²) in [5.41, 5.74) is 0.817. The van der Waals surface area contributed by atoms with E-state index >= 15 is 0 Å². The van der Waals surface area contributed by atoms with E-state index in [2.05, 4.69) is 22.0 Å². The van der Waals surface area contributed by atoms with Crippen molar-refractivity contribution in [2.45, 2.75) is 45.6 Å². The molecule has 0 radical (unpaired) electrons. The van der Waals surface area contributed by atoms with Crippen LogP contribution in [0.3, 0.4) is 0 Å². The predicted molar refractivity (Wildman–Crippen MR) is 72.6 cm³/mol. The van der Waals surface area contributed by atoms with Gasteiger partial charge in [0, 0.05) is 5.56 Å². The Balaban J connectivity index is 1.95. The van der Waals surface area contributed by atoms with Crippen molar-refractivity contribution in [2.24, 2.45) is 5.92 Å². The van der Waals surface area contributed by atoms with Crippen molar-refractivity contribution in [2.75, 3.05) is 0 Å². The lowest BCUT2D eigenvalue weighted by Crippen LogP contribution is -2.25. The summed E-state index contributed by atoms with van der Waals surface area (Å²) in [5.74, 6) is 1.86. The van der Waals surface area contributed by atoms with E-state index in [1.54, 1.807) is 4.52 Å². The van der Waals surface area contributed by atoms with Crippen molar-refractivity contribution < 1.29 is 4.74 Å². The van der Waals surface area contributed by atoms with Gasteiger partial charge >= 0.3 is 0 Å². The molecule has 0 N–H and O–H groups in total. The minimum atomic E-state index is 0.230. The summed E-state index contributed by atoms with van der Waals surface area (Å²) in [4.78, 5) is 8.24. The first kappa shape index (κ1) is 12.7. The lowest BCUT2D eigenvalue weighted by atomic mass is 9.89. The van der Waals surface area contributed by atoms with Gasteiger partial charge in [0.05, 0.1) is 0 Å². The smallest absolute Gasteiger partial charge is 0.256 e. The fraction of sp³-hybridized carbons (Fsp3) is 0.615. The summed E-state index contributed by atoms with van der Waals surface area (Å²) in [6.07, 6.45) is 6.36. The van der Waals surface area contributed by atoms with E-state index in [-0.39, 0.29) is 6.10 Å². The Hall–Kier alpha value is -1.36. The average Bonchev–Trinajstić information content (AvgIpc) is 2.83. The molecule has 0 spiro atoms. The topological polar surface area (TPSA) is 52.3 Å². The number of hydrogen-bond donors (Lipinski definition) is 0. The van der Waals surface area contributed by atoms with Gasteiger partial charge in [-0.05, 0) is 32.1 Å². The van der Waals surface area contributed by atoms with E-state index < -0.39 is 0 Å². The highest BCUT2D eigenvalue weighted by atomic mass is 35.5. The summed E-state index contributed by atoms with van der Waals surface area (Å²) in [6, 6.07) is 0. The molecule has 1 aliphatic carbocycles. The van der Waals surface area contributed by atoms with Gasteiger partial charge in [0.1, 0.15) is 17.6 Å². The van der Waals surface area contributed by atoms with Crippen LogP contribution in [0.25, 0.3) is 5.78 Å². The summed E-state index contributed by atoms with van der Waals surface area (Å²) >= 11 is 6.12. The van der Waals surface area contributed by atoms with E-state index in [0.717, 1.165) is 18.4 Å². The fourth-order valence-electron chi connectivity index (χ4n) is 2.66.